The Morgan fingerprint density at radius 2 is 0.976 bits per heavy atom. The smallest absolute Gasteiger partial charge is 0.0992 e. The van der Waals surface area contributed by atoms with Crippen molar-refractivity contribution in [1.82, 2.24) is 9.13 Å². The van der Waals surface area contributed by atoms with Gasteiger partial charge < -0.3 is 9.13 Å². The highest BCUT2D eigenvalue weighted by molar-refractivity contribution is 6.11. The highest BCUT2D eigenvalue weighted by Gasteiger charge is 2.18. The van der Waals surface area contributed by atoms with Gasteiger partial charge in [0, 0.05) is 32.8 Å². The first-order valence-electron chi connectivity index (χ1n) is 13.8. The highest BCUT2D eigenvalue weighted by Crippen LogP contribution is 2.38. The molecule has 0 radical (unpaired) electrons. The van der Waals surface area contributed by atoms with Crippen LogP contribution in [0.15, 0.2) is 133 Å². The van der Waals surface area contributed by atoms with Crippen LogP contribution in [0.25, 0.3) is 66.1 Å². The maximum absolute atomic E-state index is 9.89. The fourth-order valence-electron chi connectivity index (χ4n) is 6.35. The van der Waals surface area contributed by atoms with E-state index in [9.17, 15) is 10.5 Å². The van der Waals surface area contributed by atoms with Gasteiger partial charge in [-0.3, -0.25) is 0 Å². The average Bonchev–Trinajstić information content (AvgIpc) is 3.57. The van der Waals surface area contributed by atoms with Crippen LogP contribution in [0, 0.1) is 22.7 Å². The number of nitriles is 2. The van der Waals surface area contributed by atoms with E-state index in [1.54, 1.807) is 0 Å². The molecule has 0 saturated heterocycles. The first-order chi connectivity index (χ1) is 20.7. The van der Waals surface area contributed by atoms with Gasteiger partial charge in [0.2, 0.25) is 0 Å². The first-order valence-corrected chi connectivity index (χ1v) is 13.8. The first kappa shape index (κ1) is 23.8. The molecule has 0 aliphatic carbocycles. The van der Waals surface area contributed by atoms with E-state index >= 15 is 0 Å². The number of para-hydroxylation sites is 3. The van der Waals surface area contributed by atoms with E-state index in [0.29, 0.717) is 11.1 Å². The Balaban J connectivity index is 1.41. The van der Waals surface area contributed by atoms with Gasteiger partial charge in [-0.05, 0) is 66.2 Å². The van der Waals surface area contributed by atoms with Crippen molar-refractivity contribution in [3.05, 3.63) is 145 Å². The molecule has 4 nitrogen and oxygen atoms in total. The number of aromatic nitrogens is 2. The lowest BCUT2D eigenvalue weighted by atomic mass is 10.0. The summed E-state index contributed by atoms with van der Waals surface area (Å²) in [6, 6.07) is 50.2. The third-order valence-electron chi connectivity index (χ3n) is 8.16. The number of nitrogens with zero attached hydrogens (tertiary/aromatic N) is 4. The summed E-state index contributed by atoms with van der Waals surface area (Å²) < 4.78 is 4.54. The van der Waals surface area contributed by atoms with Crippen molar-refractivity contribution >= 4 is 43.6 Å². The van der Waals surface area contributed by atoms with Crippen LogP contribution in [0.4, 0.5) is 0 Å². The number of hydrogen-bond acceptors (Lipinski definition) is 2. The summed E-state index contributed by atoms with van der Waals surface area (Å²) in [7, 11) is 0. The molecule has 0 aliphatic rings. The summed E-state index contributed by atoms with van der Waals surface area (Å²) in [5.41, 5.74) is 9.60. The van der Waals surface area contributed by atoms with E-state index in [-0.39, 0.29) is 0 Å². The van der Waals surface area contributed by atoms with Crippen LogP contribution in [-0.2, 0) is 0 Å². The lowest BCUT2D eigenvalue weighted by molar-refractivity contribution is 1.17. The Bertz CT molecular complexity index is 2390. The third-order valence-corrected chi connectivity index (χ3v) is 8.16. The maximum atomic E-state index is 9.89. The summed E-state index contributed by atoms with van der Waals surface area (Å²) in [5.74, 6) is 0. The van der Waals surface area contributed by atoms with Gasteiger partial charge in [0.1, 0.15) is 0 Å². The van der Waals surface area contributed by atoms with Crippen LogP contribution < -0.4 is 0 Å². The van der Waals surface area contributed by atoms with Gasteiger partial charge in [0.05, 0.1) is 51.0 Å². The summed E-state index contributed by atoms with van der Waals surface area (Å²) in [5, 5.41) is 24.0. The van der Waals surface area contributed by atoms with E-state index < -0.39 is 0 Å². The van der Waals surface area contributed by atoms with Gasteiger partial charge in [0.25, 0.3) is 0 Å². The molecule has 42 heavy (non-hydrogen) atoms. The van der Waals surface area contributed by atoms with Gasteiger partial charge in [-0.2, -0.15) is 10.5 Å². The van der Waals surface area contributed by atoms with Crippen LogP contribution in [0.3, 0.4) is 0 Å². The van der Waals surface area contributed by atoms with Crippen molar-refractivity contribution in [2.75, 3.05) is 0 Å². The number of fused-ring (bicyclic) bond motifs is 6. The van der Waals surface area contributed by atoms with E-state index in [4.69, 9.17) is 0 Å². The quantitative estimate of drug-likeness (QED) is 0.227. The molecule has 0 amide bonds. The molecular formula is C38H22N4. The normalized spacial score (nSPS) is 11.3. The molecule has 0 atom stereocenters. The van der Waals surface area contributed by atoms with Gasteiger partial charge >= 0.3 is 0 Å². The van der Waals surface area contributed by atoms with Crippen LogP contribution in [0.1, 0.15) is 11.1 Å². The number of rotatable bonds is 3. The van der Waals surface area contributed by atoms with Crippen LogP contribution >= 0.6 is 0 Å². The Morgan fingerprint density at radius 1 is 0.429 bits per heavy atom. The van der Waals surface area contributed by atoms with E-state index in [2.05, 4.69) is 106 Å². The van der Waals surface area contributed by atoms with Crippen LogP contribution in [-0.4, -0.2) is 9.13 Å². The lowest BCUT2D eigenvalue weighted by Crippen LogP contribution is -1.99. The summed E-state index contributed by atoms with van der Waals surface area (Å²) in [4.78, 5) is 0. The minimum absolute atomic E-state index is 0.590. The molecular weight excluding hydrogens is 512 g/mol. The molecule has 2 aromatic heterocycles. The SMILES string of the molecule is N#Cc1ccc(-c2cccc(-n3c4ccccc4c4ccccc43)c2)c(-n2c3ccccc3c3cc(C#N)ccc32)c1. The molecule has 8 aromatic rings. The molecule has 0 aliphatic heterocycles. The van der Waals surface area contributed by atoms with Gasteiger partial charge in [-0.1, -0.05) is 72.8 Å². The van der Waals surface area contributed by atoms with Crippen LogP contribution in [0.2, 0.25) is 0 Å². The summed E-state index contributed by atoms with van der Waals surface area (Å²) >= 11 is 0. The zero-order valence-electron chi connectivity index (χ0n) is 22.5. The lowest BCUT2D eigenvalue weighted by Gasteiger charge is -2.16. The maximum Gasteiger partial charge on any atom is 0.0992 e. The highest BCUT2D eigenvalue weighted by atomic mass is 15.0. The minimum atomic E-state index is 0.590. The molecule has 0 N–H and O–H groups in total. The molecule has 2 heterocycles. The Morgan fingerprint density at radius 3 is 1.64 bits per heavy atom. The van der Waals surface area contributed by atoms with Crippen molar-refractivity contribution in [3.63, 3.8) is 0 Å². The Hall–Kier alpha value is -6.10. The molecule has 194 valence electrons. The molecule has 4 heteroatoms. The van der Waals surface area contributed by atoms with Crippen molar-refractivity contribution in [1.29, 1.82) is 10.5 Å². The monoisotopic (exact) mass is 534 g/mol. The minimum Gasteiger partial charge on any atom is -0.309 e. The molecule has 0 unspecified atom stereocenters. The molecule has 0 spiro atoms. The van der Waals surface area contributed by atoms with Gasteiger partial charge in [-0.25, -0.2) is 0 Å². The molecule has 0 fully saturated rings. The van der Waals surface area contributed by atoms with E-state index in [1.807, 2.05) is 48.5 Å². The Labute approximate surface area is 242 Å². The molecule has 6 aromatic carbocycles. The standard InChI is InChI=1S/C38H22N4/c39-23-25-17-19-37-33(20-25)32-12-3-6-15-36(32)42(37)38-21-26(24-40)16-18-29(38)27-8-7-9-28(22-27)41-34-13-4-1-10-30(34)31-11-2-5-14-35(31)41/h1-22H. The second kappa shape index (κ2) is 9.24. The van der Waals surface area contributed by atoms with E-state index in [1.165, 1.54) is 10.8 Å². The summed E-state index contributed by atoms with van der Waals surface area (Å²) in [6.45, 7) is 0. The predicted octanol–water partition coefficient (Wildman–Crippen LogP) is 9.29. The zero-order chi connectivity index (χ0) is 28.2. The zero-order valence-corrected chi connectivity index (χ0v) is 22.5. The summed E-state index contributed by atoms with van der Waals surface area (Å²) in [6.07, 6.45) is 0. The van der Waals surface area contributed by atoms with Crippen molar-refractivity contribution in [3.8, 4) is 34.6 Å². The molecule has 0 saturated carbocycles. The third kappa shape index (κ3) is 3.47. The van der Waals surface area contributed by atoms with Crippen molar-refractivity contribution in [2.24, 2.45) is 0 Å². The average molecular weight is 535 g/mol. The Kier molecular flexibility index (Phi) is 5.22. The fraction of sp³-hybridized carbons (Fsp3) is 0. The van der Waals surface area contributed by atoms with Crippen molar-refractivity contribution in [2.45, 2.75) is 0 Å². The second-order valence-corrected chi connectivity index (χ2v) is 10.5. The molecule has 8 rings (SSSR count). The largest absolute Gasteiger partial charge is 0.309 e. The van der Waals surface area contributed by atoms with E-state index in [0.717, 1.165) is 55.3 Å². The number of benzene rings is 6. The van der Waals surface area contributed by atoms with Crippen molar-refractivity contribution < 1.29 is 0 Å². The molecule has 0 bridgehead atoms. The number of hydrogen-bond donors (Lipinski definition) is 0. The van der Waals surface area contributed by atoms with Gasteiger partial charge in [0.15, 0.2) is 0 Å². The fourth-order valence-corrected chi connectivity index (χ4v) is 6.35. The van der Waals surface area contributed by atoms with Crippen LogP contribution in [0.5, 0.6) is 0 Å². The predicted molar refractivity (Wildman–Crippen MR) is 170 cm³/mol. The second-order valence-electron chi connectivity index (χ2n) is 10.5. The topological polar surface area (TPSA) is 57.4 Å². The van der Waals surface area contributed by atoms with Gasteiger partial charge in [-0.15, -0.1) is 0 Å².